The summed E-state index contributed by atoms with van der Waals surface area (Å²) >= 11 is 12.2. The number of aliphatic carboxylic acids is 1. The van der Waals surface area contributed by atoms with Gasteiger partial charge in [-0.1, -0.05) is 53.5 Å². The maximum atomic E-state index is 11.5. The van der Waals surface area contributed by atoms with E-state index in [0.29, 0.717) is 21.4 Å². The summed E-state index contributed by atoms with van der Waals surface area (Å²) in [5.41, 5.74) is 1.38. The van der Waals surface area contributed by atoms with Crippen molar-refractivity contribution in [3.63, 3.8) is 0 Å². The topological polar surface area (TPSA) is 46.5 Å². The van der Waals surface area contributed by atoms with Gasteiger partial charge in [-0.15, -0.1) is 0 Å². The van der Waals surface area contributed by atoms with Gasteiger partial charge in [0.15, 0.2) is 6.10 Å². The lowest BCUT2D eigenvalue weighted by atomic mass is 9.96. The highest BCUT2D eigenvalue weighted by Gasteiger charge is 2.30. The Morgan fingerprint density at radius 1 is 1.10 bits per heavy atom. The number of carboxylic acid groups (broad SMARTS) is 1. The lowest BCUT2D eigenvalue weighted by Crippen LogP contribution is -2.20. The van der Waals surface area contributed by atoms with Gasteiger partial charge in [0.2, 0.25) is 0 Å². The van der Waals surface area contributed by atoms with Crippen molar-refractivity contribution >= 4 is 35.2 Å². The van der Waals surface area contributed by atoms with Gasteiger partial charge >= 0.3 is 5.97 Å². The lowest BCUT2D eigenvalue weighted by Gasteiger charge is -2.26. The van der Waals surface area contributed by atoms with Crippen molar-refractivity contribution in [1.29, 1.82) is 0 Å². The fraction of sp³-hybridized carbons (Fsp3) is 0.0625. The predicted octanol–water partition coefficient (Wildman–Crippen LogP) is 4.60. The molecule has 2 aromatic rings. The monoisotopic (exact) mass is 320 g/mol. The van der Waals surface area contributed by atoms with Crippen molar-refractivity contribution in [2.24, 2.45) is 0 Å². The minimum atomic E-state index is -1.05. The first-order valence-electron chi connectivity index (χ1n) is 6.22. The smallest absolute Gasteiger partial charge is 0.335 e. The van der Waals surface area contributed by atoms with Crippen LogP contribution in [0, 0.1) is 0 Å². The number of fused-ring (bicyclic) bond motifs is 1. The molecule has 0 bridgehead atoms. The van der Waals surface area contributed by atoms with E-state index in [1.54, 1.807) is 36.4 Å². The van der Waals surface area contributed by atoms with E-state index >= 15 is 0 Å². The summed E-state index contributed by atoms with van der Waals surface area (Å²) in [7, 11) is 0. The number of benzene rings is 2. The second-order valence-corrected chi connectivity index (χ2v) is 5.37. The van der Waals surface area contributed by atoms with Gasteiger partial charge in [-0.25, -0.2) is 4.79 Å². The van der Waals surface area contributed by atoms with Crippen molar-refractivity contribution in [3.8, 4) is 5.75 Å². The second-order valence-electron chi connectivity index (χ2n) is 4.58. The molecule has 1 heterocycles. The molecular weight excluding hydrogens is 311 g/mol. The zero-order chi connectivity index (χ0) is 15.0. The van der Waals surface area contributed by atoms with Gasteiger partial charge in [0.1, 0.15) is 5.75 Å². The fourth-order valence-corrected chi connectivity index (χ4v) is 2.68. The highest BCUT2D eigenvalue weighted by molar-refractivity contribution is 6.42. The number of carboxylic acids is 1. The lowest BCUT2D eigenvalue weighted by molar-refractivity contribution is -0.133. The number of rotatable bonds is 2. The summed E-state index contributed by atoms with van der Waals surface area (Å²) in [6, 6.07) is 12.3. The molecule has 1 N–H and O–H groups in total. The van der Waals surface area contributed by atoms with Crippen molar-refractivity contribution in [2.75, 3.05) is 0 Å². The predicted molar refractivity (Wildman–Crippen MR) is 81.9 cm³/mol. The van der Waals surface area contributed by atoms with Crippen molar-refractivity contribution in [1.82, 2.24) is 0 Å². The van der Waals surface area contributed by atoms with E-state index in [1.807, 2.05) is 12.1 Å². The van der Waals surface area contributed by atoms with Crippen molar-refractivity contribution < 1.29 is 14.6 Å². The van der Waals surface area contributed by atoms with Crippen LogP contribution in [-0.4, -0.2) is 11.1 Å². The second kappa shape index (κ2) is 5.43. The Hall–Kier alpha value is -1.97. The molecule has 0 fully saturated rings. The number of halogens is 2. The highest BCUT2D eigenvalue weighted by Crippen LogP contribution is 2.41. The van der Waals surface area contributed by atoms with E-state index < -0.39 is 12.1 Å². The largest absolute Gasteiger partial charge is 0.480 e. The fourth-order valence-electron chi connectivity index (χ4n) is 2.27. The summed E-state index contributed by atoms with van der Waals surface area (Å²) < 4.78 is 5.84. The van der Waals surface area contributed by atoms with Crippen LogP contribution in [0.25, 0.3) is 6.08 Å². The third-order valence-corrected chi connectivity index (χ3v) is 4.10. The molecule has 0 aromatic heterocycles. The highest BCUT2D eigenvalue weighted by atomic mass is 35.5. The van der Waals surface area contributed by atoms with Gasteiger partial charge in [-0.05, 0) is 18.2 Å². The summed E-state index contributed by atoms with van der Waals surface area (Å²) in [6.45, 7) is 0. The molecule has 2 aromatic carbocycles. The Morgan fingerprint density at radius 3 is 2.62 bits per heavy atom. The summed E-state index contributed by atoms with van der Waals surface area (Å²) in [4.78, 5) is 11.5. The van der Waals surface area contributed by atoms with Crippen LogP contribution in [0.15, 0.2) is 48.0 Å². The van der Waals surface area contributed by atoms with E-state index in [4.69, 9.17) is 27.9 Å². The third kappa shape index (κ3) is 2.50. The first-order valence-corrected chi connectivity index (χ1v) is 6.98. The molecule has 0 aliphatic carbocycles. The molecule has 106 valence electrons. The van der Waals surface area contributed by atoms with Gasteiger partial charge in [0, 0.05) is 11.1 Å². The van der Waals surface area contributed by atoms with E-state index in [1.165, 1.54) is 0 Å². The molecule has 0 saturated heterocycles. The van der Waals surface area contributed by atoms with Gasteiger partial charge in [0.25, 0.3) is 0 Å². The zero-order valence-electron chi connectivity index (χ0n) is 10.7. The Bertz CT molecular complexity index is 753. The zero-order valence-corrected chi connectivity index (χ0v) is 12.2. The molecule has 0 saturated carbocycles. The minimum absolute atomic E-state index is 0.123. The van der Waals surface area contributed by atoms with Crippen molar-refractivity contribution in [3.05, 3.63) is 69.2 Å². The first-order chi connectivity index (χ1) is 10.1. The number of hydrogen-bond acceptors (Lipinski definition) is 2. The van der Waals surface area contributed by atoms with Crippen LogP contribution < -0.4 is 4.74 Å². The quantitative estimate of drug-likeness (QED) is 0.879. The standard InChI is InChI=1S/C16H10Cl2O3/c17-12-6-3-5-10(14(12)18)15-11(16(19)20)8-9-4-1-2-7-13(9)21-15/h1-8,15H,(H,19,20). The van der Waals surface area contributed by atoms with Crippen molar-refractivity contribution in [2.45, 2.75) is 6.10 Å². The Balaban J connectivity index is 2.15. The van der Waals surface area contributed by atoms with E-state index in [-0.39, 0.29) is 5.57 Å². The molecule has 0 amide bonds. The molecule has 21 heavy (non-hydrogen) atoms. The molecule has 1 aliphatic heterocycles. The van der Waals surface area contributed by atoms with Crippen LogP contribution in [0.5, 0.6) is 5.75 Å². The first kappa shape index (κ1) is 14.0. The van der Waals surface area contributed by atoms with Crippen LogP contribution in [-0.2, 0) is 4.79 Å². The average Bonchev–Trinajstić information content (AvgIpc) is 2.48. The molecule has 1 atom stereocenters. The molecular formula is C16H10Cl2O3. The summed E-state index contributed by atoms with van der Waals surface area (Å²) in [5.74, 6) is -0.436. The molecule has 3 rings (SSSR count). The summed E-state index contributed by atoms with van der Waals surface area (Å²) in [6.07, 6.45) is 0.812. The van der Waals surface area contributed by atoms with Gasteiger partial charge < -0.3 is 9.84 Å². The van der Waals surface area contributed by atoms with E-state index in [0.717, 1.165) is 5.56 Å². The third-order valence-electron chi connectivity index (χ3n) is 3.27. The van der Waals surface area contributed by atoms with Gasteiger partial charge in [-0.2, -0.15) is 0 Å². The van der Waals surface area contributed by atoms with Crippen LogP contribution >= 0.6 is 23.2 Å². The van der Waals surface area contributed by atoms with E-state index in [2.05, 4.69) is 0 Å². The average molecular weight is 321 g/mol. The Kier molecular flexibility index (Phi) is 3.62. The number of ether oxygens (including phenoxy) is 1. The van der Waals surface area contributed by atoms with E-state index in [9.17, 15) is 9.90 Å². The van der Waals surface area contributed by atoms with Crippen LogP contribution in [0.2, 0.25) is 10.0 Å². The minimum Gasteiger partial charge on any atom is -0.480 e. The number of carbonyl (C=O) groups is 1. The molecule has 0 spiro atoms. The Morgan fingerprint density at radius 2 is 1.86 bits per heavy atom. The number of hydrogen-bond donors (Lipinski definition) is 1. The normalized spacial score (nSPS) is 16.7. The molecule has 5 heteroatoms. The van der Waals surface area contributed by atoms with Gasteiger partial charge in [-0.3, -0.25) is 0 Å². The molecule has 3 nitrogen and oxygen atoms in total. The maximum Gasteiger partial charge on any atom is 0.335 e. The van der Waals surface area contributed by atoms with Crippen LogP contribution in [0.3, 0.4) is 0 Å². The Labute approximate surface area is 131 Å². The molecule has 1 aliphatic rings. The number of para-hydroxylation sites is 1. The summed E-state index contributed by atoms with van der Waals surface area (Å²) in [5, 5.41) is 10.1. The molecule has 0 radical (unpaired) electrons. The SMILES string of the molecule is O=C(O)C1=Cc2ccccc2OC1c1cccc(Cl)c1Cl. The maximum absolute atomic E-state index is 11.5. The van der Waals surface area contributed by atoms with Gasteiger partial charge in [0.05, 0.1) is 15.6 Å². The van der Waals surface area contributed by atoms with Crippen LogP contribution in [0.1, 0.15) is 17.2 Å². The van der Waals surface area contributed by atoms with Crippen LogP contribution in [0.4, 0.5) is 0 Å². The molecule has 1 unspecified atom stereocenters.